The van der Waals surface area contributed by atoms with Crippen molar-refractivity contribution in [1.29, 1.82) is 0 Å². The van der Waals surface area contributed by atoms with Crippen molar-refractivity contribution in [3.05, 3.63) is 194 Å². The van der Waals surface area contributed by atoms with Gasteiger partial charge in [0.2, 0.25) is 0 Å². The zero-order valence-electron chi connectivity index (χ0n) is 28.4. The highest BCUT2D eigenvalue weighted by Gasteiger charge is 2.21. The summed E-state index contributed by atoms with van der Waals surface area (Å²) in [6.45, 7) is 0. The molecule has 0 unspecified atom stereocenters. The van der Waals surface area contributed by atoms with Gasteiger partial charge in [-0.05, 0) is 98.4 Å². The van der Waals surface area contributed by atoms with Crippen LogP contribution >= 0.6 is 0 Å². The summed E-state index contributed by atoms with van der Waals surface area (Å²) in [5, 5.41) is 9.96. The van der Waals surface area contributed by atoms with Gasteiger partial charge in [0, 0.05) is 32.9 Å². The van der Waals surface area contributed by atoms with E-state index in [1.807, 2.05) is 0 Å². The number of hydrogen-bond acceptors (Lipinski definition) is 0. The summed E-state index contributed by atoms with van der Waals surface area (Å²) in [6.07, 6.45) is 0. The number of para-hydroxylation sites is 2. The van der Waals surface area contributed by atoms with Gasteiger partial charge in [0.25, 0.3) is 0 Å². The summed E-state index contributed by atoms with van der Waals surface area (Å²) in [6, 6.07) is 71.0. The lowest BCUT2D eigenvalue weighted by atomic mass is 10.0. The topological polar surface area (TPSA) is 9.86 Å². The highest BCUT2D eigenvalue weighted by Crippen LogP contribution is 2.42. The van der Waals surface area contributed by atoms with Crippen LogP contribution in [0.2, 0.25) is 0 Å². The van der Waals surface area contributed by atoms with Crippen molar-refractivity contribution in [1.82, 2.24) is 9.13 Å². The fourth-order valence-corrected chi connectivity index (χ4v) is 8.42. The number of fused-ring (bicyclic) bond motifs is 9. The number of rotatable bonds is 4. The van der Waals surface area contributed by atoms with E-state index in [2.05, 4.69) is 203 Å². The molecule has 242 valence electrons. The molecule has 0 saturated carbocycles. The maximum Gasteiger partial charge on any atom is 0.0641 e. The Morgan fingerprint density at radius 2 is 0.788 bits per heavy atom. The summed E-state index contributed by atoms with van der Waals surface area (Å²) >= 11 is 0. The second-order valence-electron chi connectivity index (χ2n) is 13.8. The third-order valence-electron chi connectivity index (χ3n) is 10.8. The van der Waals surface area contributed by atoms with Gasteiger partial charge >= 0.3 is 0 Å². The Kier molecular flexibility index (Phi) is 6.28. The average Bonchev–Trinajstić information content (AvgIpc) is 3.74. The van der Waals surface area contributed by atoms with E-state index in [1.54, 1.807) is 0 Å². The zero-order chi connectivity index (χ0) is 34.2. The van der Waals surface area contributed by atoms with E-state index < -0.39 is 0 Å². The van der Waals surface area contributed by atoms with Crippen LogP contribution in [0.25, 0.3) is 98.8 Å². The van der Waals surface area contributed by atoms with Crippen molar-refractivity contribution in [3.8, 4) is 33.6 Å². The Labute approximate surface area is 301 Å². The Hall–Kier alpha value is -6.90. The number of nitrogens with zero attached hydrogens (tertiary/aromatic N) is 2. The summed E-state index contributed by atoms with van der Waals surface area (Å²) in [7, 11) is 0. The van der Waals surface area contributed by atoms with E-state index >= 15 is 0 Å². The summed E-state index contributed by atoms with van der Waals surface area (Å²) in [5.74, 6) is 0. The molecule has 2 aromatic heterocycles. The van der Waals surface area contributed by atoms with Gasteiger partial charge in [-0.15, -0.1) is 0 Å². The first kappa shape index (κ1) is 28.9. The van der Waals surface area contributed by atoms with Crippen LogP contribution in [-0.4, -0.2) is 9.13 Å². The maximum absolute atomic E-state index is 2.49. The Balaban J connectivity index is 1.16. The molecule has 2 heterocycles. The first-order valence-corrected chi connectivity index (χ1v) is 17.9. The molecule has 0 amide bonds. The van der Waals surface area contributed by atoms with Crippen molar-refractivity contribution in [3.63, 3.8) is 0 Å². The largest absolute Gasteiger partial charge is 0.309 e. The van der Waals surface area contributed by atoms with Crippen LogP contribution in [0.5, 0.6) is 0 Å². The molecule has 11 rings (SSSR count). The lowest BCUT2D eigenvalue weighted by Crippen LogP contribution is -1.96. The fourth-order valence-electron chi connectivity index (χ4n) is 8.42. The molecule has 2 nitrogen and oxygen atoms in total. The lowest BCUT2D eigenvalue weighted by Gasteiger charge is -2.12. The molecule has 2 heteroatoms. The predicted molar refractivity (Wildman–Crippen MR) is 221 cm³/mol. The molecule has 0 atom stereocenters. The minimum absolute atomic E-state index is 1.16. The standard InChI is InChI=1S/C50H32N2/c1-3-11-33(12-4-1)36-21-22-39-31-42(26-24-38(39)29-36)52-46-17-9-7-15-43(46)44-27-28-48-49(50(44)52)45-16-8-10-18-47(45)51(48)41-25-23-35-19-20-37(30-40(35)32-41)34-13-5-2-6-14-34/h1-32H. The smallest absolute Gasteiger partial charge is 0.0641 e. The minimum Gasteiger partial charge on any atom is -0.309 e. The van der Waals surface area contributed by atoms with E-state index in [0.29, 0.717) is 0 Å². The second kappa shape index (κ2) is 11.3. The van der Waals surface area contributed by atoms with Crippen LogP contribution in [0.4, 0.5) is 0 Å². The Bertz CT molecular complexity index is 3160. The summed E-state index contributed by atoms with van der Waals surface area (Å²) in [5.41, 5.74) is 12.1. The van der Waals surface area contributed by atoms with Crippen LogP contribution in [0.1, 0.15) is 0 Å². The van der Waals surface area contributed by atoms with E-state index in [1.165, 1.54) is 87.4 Å². The van der Waals surface area contributed by atoms with E-state index in [-0.39, 0.29) is 0 Å². The molecule has 0 N–H and O–H groups in total. The van der Waals surface area contributed by atoms with Gasteiger partial charge in [-0.25, -0.2) is 0 Å². The van der Waals surface area contributed by atoms with Gasteiger partial charge in [-0.1, -0.05) is 140 Å². The number of aromatic nitrogens is 2. The monoisotopic (exact) mass is 660 g/mol. The molecular weight excluding hydrogens is 629 g/mol. The molecule has 0 saturated heterocycles. The van der Waals surface area contributed by atoms with Crippen molar-refractivity contribution in [2.45, 2.75) is 0 Å². The average molecular weight is 661 g/mol. The molecule has 11 aromatic rings. The summed E-state index contributed by atoms with van der Waals surface area (Å²) in [4.78, 5) is 0. The second-order valence-corrected chi connectivity index (χ2v) is 13.8. The van der Waals surface area contributed by atoms with Crippen LogP contribution in [0.3, 0.4) is 0 Å². The van der Waals surface area contributed by atoms with Gasteiger partial charge < -0.3 is 9.13 Å². The third kappa shape index (κ3) is 4.38. The third-order valence-corrected chi connectivity index (χ3v) is 10.8. The van der Waals surface area contributed by atoms with Crippen molar-refractivity contribution in [2.75, 3.05) is 0 Å². The SMILES string of the molecule is c1ccc(-c2ccc3cc(-n4c5ccccc5c5ccc6c(c7ccccc7n6-c6ccc7ccc(-c8ccccc8)cc7c6)c54)ccc3c2)cc1. The molecule has 9 aromatic carbocycles. The van der Waals surface area contributed by atoms with Crippen LogP contribution in [-0.2, 0) is 0 Å². The molecule has 0 radical (unpaired) electrons. The normalized spacial score (nSPS) is 11.8. The molecule has 0 fully saturated rings. The first-order chi connectivity index (χ1) is 25.8. The summed E-state index contributed by atoms with van der Waals surface area (Å²) < 4.78 is 4.94. The minimum atomic E-state index is 1.16. The van der Waals surface area contributed by atoms with Gasteiger partial charge in [-0.3, -0.25) is 0 Å². The Morgan fingerprint density at radius 1 is 0.269 bits per heavy atom. The van der Waals surface area contributed by atoms with Gasteiger partial charge in [0.1, 0.15) is 0 Å². The molecule has 0 aliphatic carbocycles. The molecule has 0 spiro atoms. The van der Waals surface area contributed by atoms with Crippen molar-refractivity contribution in [2.24, 2.45) is 0 Å². The van der Waals surface area contributed by atoms with Crippen molar-refractivity contribution >= 4 is 65.2 Å². The fraction of sp³-hybridized carbons (Fsp3) is 0. The van der Waals surface area contributed by atoms with Gasteiger partial charge in [0.15, 0.2) is 0 Å². The highest BCUT2D eigenvalue weighted by atomic mass is 15.0. The lowest BCUT2D eigenvalue weighted by molar-refractivity contribution is 1.18. The first-order valence-electron chi connectivity index (χ1n) is 17.9. The van der Waals surface area contributed by atoms with E-state index in [0.717, 1.165) is 11.4 Å². The number of benzene rings is 9. The van der Waals surface area contributed by atoms with Gasteiger partial charge in [-0.2, -0.15) is 0 Å². The van der Waals surface area contributed by atoms with Crippen molar-refractivity contribution < 1.29 is 0 Å². The zero-order valence-corrected chi connectivity index (χ0v) is 28.4. The predicted octanol–water partition coefficient (Wildman–Crippen LogP) is 13.5. The molecule has 0 aliphatic heterocycles. The molecule has 52 heavy (non-hydrogen) atoms. The highest BCUT2D eigenvalue weighted by molar-refractivity contribution is 6.26. The van der Waals surface area contributed by atoms with E-state index in [4.69, 9.17) is 0 Å². The molecule has 0 aliphatic rings. The Morgan fingerprint density at radius 3 is 1.52 bits per heavy atom. The van der Waals surface area contributed by atoms with Crippen LogP contribution in [0, 0.1) is 0 Å². The van der Waals surface area contributed by atoms with E-state index in [9.17, 15) is 0 Å². The quantitative estimate of drug-likeness (QED) is 0.178. The van der Waals surface area contributed by atoms with Crippen LogP contribution < -0.4 is 0 Å². The number of hydrogen-bond donors (Lipinski definition) is 0. The van der Waals surface area contributed by atoms with Crippen LogP contribution in [0.15, 0.2) is 194 Å². The molecular formula is C50H32N2. The maximum atomic E-state index is 2.49. The molecule has 0 bridgehead atoms. The van der Waals surface area contributed by atoms with Gasteiger partial charge in [0.05, 0.1) is 22.1 Å².